The predicted molar refractivity (Wildman–Crippen MR) is 128 cm³/mol. The molecule has 0 radical (unpaired) electrons. The van der Waals surface area contributed by atoms with Crippen LogP contribution >= 0.6 is 0 Å². The van der Waals surface area contributed by atoms with E-state index < -0.39 is 0 Å². The molecule has 6 heteroatoms. The topological polar surface area (TPSA) is 64.8 Å². The minimum absolute atomic E-state index is 0.0104. The Labute approximate surface area is 197 Å². The molecule has 0 N–H and O–H groups in total. The molecule has 34 heavy (non-hydrogen) atoms. The maximum atomic E-state index is 14.0. The van der Waals surface area contributed by atoms with Crippen LogP contribution in [0.15, 0.2) is 72.9 Å². The fourth-order valence-electron chi connectivity index (χ4n) is 4.83. The highest BCUT2D eigenvalue weighted by Gasteiger charge is 2.28. The summed E-state index contributed by atoms with van der Waals surface area (Å²) in [7, 11) is 0. The van der Waals surface area contributed by atoms with Crippen LogP contribution in [0, 0.1) is 17.7 Å². The van der Waals surface area contributed by atoms with Crippen molar-refractivity contribution in [1.29, 1.82) is 0 Å². The van der Waals surface area contributed by atoms with Gasteiger partial charge in [0, 0.05) is 23.9 Å². The van der Waals surface area contributed by atoms with Crippen LogP contribution < -0.4 is 0 Å². The number of fused-ring (bicyclic) bond motifs is 1. The third kappa shape index (κ3) is 4.81. The fourth-order valence-corrected chi connectivity index (χ4v) is 4.83. The van der Waals surface area contributed by atoms with Gasteiger partial charge in [0.1, 0.15) is 23.0 Å². The average molecular weight is 456 g/mol. The van der Waals surface area contributed by atoms with Crippen molar-refractivity contribution in [3.05, 3.63) is 90.1 Å². The predicted octanol–water partition coefficient (Wildman–Crippen LogP) is 5.75. The summed E-state index contributed by atoms with van der Waals surface area (Å²) in [5.74, 6) is 0.156. The van der Waals surface area contributed by atoms with Gasteiger partial charge in [-0.1, -0.05) is 36.4 Å². The van der Waals surface area contributed by atoms with Gasteiger partial charge in [-0.25, -0.2) is 14.1 Å². The van der Waals surface area contributed by atoms with Crippen LogP contribution in [-0.2, 0) is 11.2 Å². The van der Waals surface area contributed by atoms with E-state index in [1.165, 1.54) is 10.7 Å². The average Bonchev–Trinajstić information content (AvgIpc) is 3.32. The number of para-hydroxylation sites is 2. The van der Waals surface area contributed by atoms with Crippen LogP contribution in [0.4, 0.5) is 4.39 Å². The summed E-state index contributed by atoms with van der Waals surface area (Å²) in [6.45, 7) is 0. The van der Waals surface area contributed by atoms with E-state index >= 15 is 0 Å². The summed E-state index contributed by atoms with van der Waals surface area (Å²) >= 11 is 0. The van der Waals surface area contributed by atoms with Crippen molar-refractivity contribution in [3.8, 4) is 5.69 Å². The number of benzene rings is 2. The van der Waals surface area contributed by atoms with Crippen LogP contribution in [0.5, 0.6) is 0 Å². The number of halogens is 1. The van der Waals surface area contributed by atoms with Crippen molar-refractivity contribution in [2.24, 2.45) is 11.8 Å². The maximum Gasteiger partial charge on any atom is 0.181 e. The third-order valence-electron chi connectivity index (χ3n) is 6.76. The van der Waals surface area contributed by atoms with Crippen LogP contribution in [0.1, 0.15) is 48.3 Å². The molecule has 2 aromatic heterocycles. The summed E-state index contributed by atoms with van der Waals surface area (Å²) in [6.07, 6.45) is 5.70. The Hall–Kier alpha value is -3.67. The molecule has 0 atom stereocenters. The first-order valence-electron chi connectivity index (χ1n) is 11.8. The van der Waals surface area contributed by atoms with E-state index in [0.717, 1.165) is 36.6 Å². The van der Waals surface area contributed by atoms with Crippen molar-refractivity contribution in [3.63, 3.8) is 0 Å². The summed E-state index contributed by atoms with van der Waals surface area (Å²) in [6, 6.07) is 19.7. The number of ketones is 2. The van der Waals surface area contributed by atoms with Gasteiger partial charge in [0.15, 0.2) is 5.78 Å². The van der Waals surface area contributed by atoms with Crippen LogP contribution in [0.3, 0.4) is 0 Å². The van der Waals surface area contributed by atoms with E-state index in [2.05, 4.69) is 10.1 Å². The van der Waals surface area contributed by atoms with Crippen LogP contribution in [0.25, 0.3) is 16.6 Å². The monoisotopic (exact) mass is 455 g/mol. The van der Waals surface area contributed by atoms with Gasteiger partial charge in [0.05, 0.1) is 17.6 Å². The molecule has 0 unspecified atom stereocenters. The second-order valence-corrected chi connectivity index (χ2v) is 9.08. The molecular formula is C28H26FN3O2. The molecule has 0 amide bonds. The molecular weight excluding hydrogens is 429 g/mol. The zero-order valence-corrected chi connectivity index (χ0v) is 18.9. The lowest BCUT2D eigenvalue weighted by Gasteiger charge is -2.27. The molecule has 5 nitrogen and oxygen atoms in total. The highest BCUT2D eigenvalue weighted by Crippen LogP contribution is 2.32. The number of carbonyl (C=O) groups excluding carboxylic acids is 2. The van der Waals surface area contributed by atoms with Crippen molar-refractivity contribution in [2.45, 2.75) is 38.5 Å². The van der Waals surface area contributed by atoms with Gasteiger partial charge < -0.3 is 0 Å². The molecule has 1 aliphatic carbocycles. The molecule has 172 valence electrons. The van der Waals surface area contributed by atoms with Crippen molar-refractivity contribution in [1.82, 2.24) is 14.8 Å². The Balaban J connectivity index is 1.14. The van der Waals surface area contributed by atoms with E-state index in [-0.39, 0.29) is 35.6 Å². The van der Waals surface area contributed by atoms with Gasteiger partial charge in [-0.05, 0) is 61.9 Å². The summed E-state index contributed by atoms with van der Waals surface area (Å²) in [5.41, 5.74) is 2.36. The molecule has 4 aromatic rings. The second-order valence-electron chi connectivity index (χ2n) is 9.08. The molecule has 0 aliphatic heterocycles. The van der Waals surface area contributed by atoms with E-state index in [1.807, 2.05) is 30.3 Å². The molecule has 1 saturated carbocycles. The second kappa shape index (κ2) is 9.67. The fraction of sp³-hybridized carbons (Fsp3) is 0.286. The first-order valence-corrected chi connectivity index (χ1v) is 11.8. The Morgan fingerprint density at radius 2 is 1.68 bits per heavy atom. The Morgan fingerprint density at radius 1 is 0.912 bits per heavy atom. The van der Waals surface area contributed by atoms with E-state index in [0.29, 0.717) is 23.5 Å². The lowest BCUT2D eigenvalue weighted by molar-refractivity contribution is -0.123. The smallest absolute Gasteiger partial charge is 0.181 e. The molecule has 2 aromatic carbocycles. The zero-order valence-electron chi connectivity index (χ0n) is 18.9. The number of nitrogens with zero attached hydrogens (tertiary/aromatic N) is 3. The number of pyridine rings is 1. The SMILES string of the molecule is O=C(CC1CCC(C(=O)Cc2ccn(-c3ccccc3F)n2)CC1)c1ccc2ccccc2n1. The van der Waals surface area contributed by atoms with Crippen LogP contribution in [0.2, 0.25) is 0 Å². The molecule has 0 spiro atoms. The summed E-state index contributed by atoms with van der Waals surface area (Å²) in [5, 5.41) is 5.41. The molecule has 0 bridgehead atoms. The van der Waals surface area contributed by atoms with Gasteiger partial charge in [-0.15, -0.1) is 0 Å². The van der Waals surface area contributed by atoms with Gasteiger partial charge >= 0.3 is 0 Å². The van der Waals surface area contributed by atoms with E-state index in [4.69, 9.17) is 0 Å². The van der Waals surface area contributed by atoms with Crippen molar-refractivity contribution >= 4 is 22.5 Å². The first kappa shape index (κ1) is 22.1. The normalized spacial score (nSPS) is 18.1. The number of aromatic nitrogens is 3. The van der Waals surface area contributed by atoms with Gasteiger partial charge in [0.2, 0.25) is 0 Å². The number of carbonyl (C=O) groups is 2. The van der Waals surface area contributed by atoms with Crippen molar-refractivity contribution in [2.75, 3.05) is 0 Å². The number of rotatable bonds is 7. The number of hydrogen-bond acceptors (Lipinski definition) is 4. The summed E-state index contributed by atoms with van der Waals surface area (Å²) < 4.78 is 15.5. The van der Waals surface area contributed by atoms with Gasteiger partial charge in [-0.2, -0.15) is 5.10 Å². The molecule has 5 rings (SSSR count). The maximum absolute atomic E-state index is 14.0. The van der Waals surface area contributed by atoms with Crippen LogP contribution in [-0.4, -0.2) is 26.3 Å². The minimum Gasteiger partial charge on any atom is -0.299 e. The third-order valence-corrected chi connectivity index (χ3v) is 6.76. The molecule has 2 heterocycles. The number of hydrogen-bond donors (Lipinski definition) is 0. The standard InChI is InChI=1S/C28H26FN3O2/c29-23-6-2-4-8-26(23)32-16-15-22(31-32)18-27(33)21-11-9-19(10-12-21)17-28(34)25-14-13-20-5-1-3-7-24(20)30-25/h1-8,13-16,19,21H,9-12,17-18H2. The zero-order chi connectivity index (χ0) is 23.5. The van der Waals surface area contributed by atoms with Gasteiger partial charge in [0.25, 0.3) is 0 Å². The highest BCUT2D eigenvalue weighted by atomic mass is 19.1. The Kier molecular flexibility index (Phi) is 6.30. The first-order chi connectivity index (χ1) is 16.6. The van der Waals surface area contributed by atoms with Crippen molar-refractivity contribution < 1.29 is 14.0 Å². The highest BCUT2D eigenvalue weighted by molar-refractivity contribution is 5.96. The van der Waals surface area contributed by atoms with E-state index in [9.17, 15) is 14.0 Å². The summed E-state index contributed by atoms with van der Waals surface area (Å²) in [4.78, 5) is 30.2. The largest absolute Gasteiger partial charge is 0.299 e. The quantitative estimate of drug-likeness (QED) is 0.333. The lowest BCUT2D eigenvalue weighted by Crippen LogP contribution is -2.24. The molecule has 1 aliphatic rings. The van der Waals surface area contributed by atoms with Gasteiger partial charge in [-0.3, -0.25) is 9.59 Å². The Bertz CT molecular complexity index is 1340. The molecule has 1 fully saturated rings. The molecule has 0 saturated heterocycles. The van der Waals surface area contributed by atoms with E-state index in [1.54, 1.807) is 36.5 Å². The number of Topliss-reactive ketones (excluding diaryl/α,β-unsaturated/α-hetero) is 2. The lowest BCUT2D eigenvalue weighted by atomic mass is 9.77. The minimum atomic E-state index is -0.352. The Morgan fingerprint density at radius 3 is 2.50 bits per heavy atom.